The van der Waals surface area contributed by atoms with Gasteiger partial charge in [-0.05, 0) is 36.2 Å². The van der Waals surface area contributed by atoms with Gasteiger partial charge in [0.15, 0.2) is 28.8 Å². The summed E-state index contributed by atoms with van der Waals surface area (Å²) in [7, 11) is 0. The van der Waals surface area contributed by atoms with Crippen molar-refractivity contribution in [1.82, 2.24) is 9.59 Å². The molecule has 3 rings (SSSR count). The summed E-state index contributed by atoms with van der Waals surface area (Å²) >= 11 is 0.963. The number of ether oxygens (including phenoxy) is 3. The molecule has 0 radical (unpaired) electrons. The predicted octanol–water partition coefficient (Wildman–Crippen LogP) is 1.87. The smallest absolute Gasteiger partial charge is 0.352 e. The fraction of sp³-hybridized carbons (Fsp3) is 0.286. The molecule has 0 fully saturated rings. The van der Waals surface area contributed by atoms with Crippen LogP contribution in [0.15, 0.2) is 18.2 Å². The number of hydrogen-bond acceptors (Lipinski definition) is 8. The Morgan fingerprint density at radius 2 is 2.14 bits per heavy atom. The van der Waals surface area contributed by atoms with E-state index >= 15 is 0 Å². The van der Waals surface area contributed by atoms with Crippen LogP contribution in [0.2, 0.25) is 0 Å². The molecule has 0 N–H and O–H groups in total. The average Bonchev–Trinajstić information content (AvgIpc) is 3.19. The van der Waals surface area contributed by atoms with Crippen molar-refractivity contribution in [2.24, 2.45) is 0 Å². The van der Waals surface area contributed by atoms with Crippen molar-refractivity contribution < 1.29 is 23.8 Å². The summed E-state index contributed by atoms with van der Waals surface area (Å²) in [5.74, 6) is 0.206. The number of aromatic nitrogens is 2. The van der Waals surface area contributed by atoms with Gasteiger partial charge in [-0.25, -0.2) is 4.79 Å². The average molecular weight is 320 g/mol. The lowest BCUT2D eigenvalue weighted by atomic mass is 10.1. The highest BCUT2D eigenvalue weighted by molar-refractivity contribution is 7.07. The Bertz CT molecular complexity index is 728. The van der Waals surface area contributed by atoms with E-state index in [2.05, 4.69) is 9.59 Å². The van der Waals surface area contributed by atoms with E-state index in [0.29, 0.717) is 34.1 Å². The number of benzene rings is 1. The molecule has 0 spiro atoms. The second-order valence-electron chi connectivity index (χ2n) is 4.47. The van der Waals surface area contributed by atoms with Crippen molar-refractivity contribution in [3.05, 3.63) is 34.3 Å². The van der Waals surface area contributed by atoms with Gasteiger partial charge in [0.05, 0.1) is 5.69 Å². The minimum Gasteiger partial charge on any atom is -0.454 e. The fourth-order valence-electron chi connectivity index (χ4n) is 1.94. The minimum absolute atomic E-state index is 0.139. The fourth-order valence-corrected chi connectivity index (χ4v) is 2.59. The number of nitrogens with zero attached hydrogens (tertiary/aromatic N) is 2. The Balaban J connectivity index is 1.64. The largest absolute Gasteiger partial charge is 0.454 e. The Morgan fingerprint density at radius 3 is 2.95 bits per heavy atom. The van der Waals surface area contributed by atoms with Gasteiger partial charge < -0.3 is 14.2 Å². The van der Waals surface area contributed by atoms with Gasteiger partial charge in [0.2, 0.25) is 6.79 Å². The highest BCUT2D eigenvalue weighted by Crippen LogP contribution is 2.32. The molecule has 1 aromatic carbocycles. The molecular formula is C14H12N2O5S. The van der Waals surface area contributed by atoms with Gasteiger partial charge in [-0.2, -0.15) is 0 Å². The molecular weight excluding hydrogens is 308 g/mol. The number of hydrogen-bond donors (Lipinski definition) is 0. The van der Waals surface area contributed by atoms with Crippen molar-refractivity contribution in [2.45, 2.75) is 13.3 Å². The standard InChI is InChI=1S/C14H12N2O5S/c1-2-9-13(22-16-15-9)14(18)19-6-10(17)8-3-4-11-12(5-8)21-7-20-11/h3-5H,2,6-7H2,1H3. The van der Waals surface area contributed by atoms with Crippen LogP contribution >= 0.6 is 11.5 Å². The maximum Gasteiger partial charge on any atom is 0.352 e. The third kappa shape index (κ3) is 2.77. The summed E-state index contributed by atoms with van der Waals surface area (Å²) in [5.41, 5.74) is 0.973. The molecule has 2 aromatic rings. The van der Waals surface area contributed by atoms with Crippen LogP contribution < -0.4 is 9.47 Å². The first-order valence-corrected chi connectivity index (χ1v) is 7.37. The number of fused-ring (bicyclic) bond motifs is 1. The van der Waals surface area contributed by atoms with Crippen LogP contribution in [0.4, 0.5) is 0 Å². The number of Topliss-reactive ketones (excluding diaryl/α,β-unsaturated/α-hetero) is 1. The SMILES string of the molecule is CCc1nnsc1C(=O)OCC(=O)c1ccc2c(c1)OCO2. The second-order valence-corrected chi connectivity index (χ2v) is 5.22. The number of carbonyl (C=O) groups excluding carboxylic acids is 2. The lowest BCUT2D eigenvalue weighted by Crippen LogP contribution is -2.14. The number of aryl methyl sites for hydroxylation is 1. The molecule has 8 heteroatoms. The quantitative estimate of drug-likeness (QED) is 0.614. The lowest BCUT2D eigenvalue weighted by molar-refractivity contribution is 0.0478. The van der Waals surface area contributed by atoms with E-state index in [0.717, 1.165) is 11.5 Å². The molecule has 0 bridgehead atoms. The molecule has 0 saturated heterocycles. The minimum atomic E-state index is -0.582. The molecule has 22 heavy (non-hydrogen) atoms. The molecule has 114 valence electrons. The zero-order valence-electron chi connectivity index (χ0n) is 11.7. The Morgan fingerprint density at radius 1 is 1.32 bits per heavy atom. The van der Waals surface area contributed by atoms with E-state index in [1.807, 2.05) is 6.92 Å². The van der Waals surface area contributed by atoms with Gasteiger partial charge >= 0.3 is 5.97 Å². The van der Waals surface area contributed by atoms with Gasteiger partial charge in [-0.15, -0.1) is 5.10 Å². The summed E-state index contributed by atoms with van der Waals surface area (Å²) in [5, 5.41) is 3.83. The zero-order chi connectivity index (χ0) is 15.5. The van der Waals surface area contributed by atoms with Crippen molar-refractivity contribution in [3.63, 3.8) is 0 Å². The first-order valence-electron chi connectivity index (χ1n) is 6.60. The summed E-state index contributed by atoms with van der Waals surface area (Å²) in [4.78, 5) is 24.3. The van der Waals surface area contributed by atoms with E-state index in [-0.39, 0.29) is 19.2 Å². The van der Waals surface area contributed by atoms with Crippen molar-refractivity contribution in [1.29, 1.82) is 0 Å². The van der Waals surface area contributed by atoms with Gasteiger partial charge in [0, 0.05) is 5.56 Å². The van der Waals surface area contributed by atoms with E-state index in [4.69, 9.17) is 14.2 Å². The Kier molecular flexibility index (Phi) is 4.01. The van der Waals surface area contributed by atoms with E-state index in [1.165, 1.54) is 0 Å². The molecule has 0 atom stereocenters. The first-order chi connectivity index (χ1) is 10.7. The Hall–Kier alpha value is -2.48. The molecule has 2 heterocycles. The van der Waals surface area contributed by atoms with E-state index < -0.39 is 5.97 Å². The monoisotopic (exact) mass is 320 g/mol. The second kappa shape index (κ2) is 6.10. The molecule has 1 aromatic heterocycles. The van der Waals surface area contributed by atoms with Gasteiger partial charge in [0.25, 0.3) is 0 Å². The molecule has 0 unspecified atom stereocenters. The first kappa shape index (κ1) is 14.5. The van der Waals surface area contributed by atoms with Crippen LogP contribution in [0.5, 0.6) is 11.5 Å². The van der Waals surface area contributed by atoms with Gasteiger partial charge in [-0.3, -0.25) is 4.79 Å². The maximum absolute atomic E-state index is 12.1. The van der Waals surface area contributed by atoms with Crippen molar-refractivity contribution in [3.8, 4) is 11.5 Å². The lowest BCUT2D eigenvalue weighted by Gasteiger charge is -2.04. The van der Waals surface area contributed by atoms with Crippen LogP contribution in [-0.4, -0.2) is 34.7 Å². The summed E-state index contributed by atoms with van der Waals surface area (Å²) in [6, 6.07) is 4.83. The van der Waals surface area contributed by atoms with Crippen LogP contribution in [-0.2, 0) is 11.2 Å². The van der Waals surface area contributed by atoms with Crippen LogP contribution in [0, 0.1) is 0 Å². The van der Waals surface area contributed by atoms with Crippen LogP contribution in [0.1, 0.15) is 32.6 Å². The van der Waals surface area contributed by atoms with E-state index in [9.17, 15) is 9.59 Å². The van der Waals surface area contributed by atoms with Crippen molar-refractivity contribution >= 4 is 23.3 Å². The Labute approximate surface area is 130 Å². The molecule has 0 aliphatic carbocycles. The topological polar surface area (TPSA) is 87.6 Å². The molecule has 0 saturated carbocycles. The molecule has 1 aliphatic rings. The van der Waals surface area contributed by atoms with Gasteiger partial charge in [-0.1, -0.05) is 11.4 Å². The zero-order valence-corrected chi connectivity index (χ0v) is 12.5. The third-order valence-corrected chi connectivity index (χ3v) is 3.85. The highest BCUT2D eigenvalue weighted by atomic mass is 32.1. The van der Waals surface area contributed by atoms with E-state index in [1.54, 1.807) is 18.2 Å². The maximum atomic E-state index is 12.1. The third-order valence-electron chi connectivity index (χ3n) is 3.10. The molecule has 0 amide bonds. The molecule has 1 aliphatic heterocycles. The number of rotatable bonds is 5. The predicted molar refractivity (Wildman–Crippen MR) is 76.5 cm³/mol. The van der Waals surface area contributed by atoms with Crippen LogP contribution in [0.3, 0.4) is 0 Å². The van der Waals surface area contributed by atoms with Crippen LogP contribution in [0.25, 0.3) is 0 Å². The van der Waals surface area contributed by atoms with Gasteiger partial charge in [0.1, 0.15) is 0 Å². The highest BCUT2D eigenvalue weighted by Gasteiger charge is 2.20. The molecule has 7 nitrogen and oxygen atoms in total. The number of ketones is 1. The summed E-state index contributed by atoms with van der Waals surface area (Å²) in [6.07, 6.45) is 0.580. The number of carbonyl (C=O) groups is 2. The summed E-state index contributed by atoms with van der Waals surface area (Å²) in [6.45, 7) is 1.66. The van der Waals surface area contributed by atoms with Crippen molar-refractivity contribution in [2.75, 3.05) is 13.4 Å². The normalized spacial score (nSPS) is 12.2. The summed E-state index contributed by atoms with van der Waals surface area (Å²) < 4.78 is 19.1. The number of esters is 1.